The highest BCUT2D eigenvalue weighted by Gasteiger charge is 2.18. The van der Waals surface area contributed by atoms with Crippen molar-refractivity contribution in [2.45, 2.75) is 6.61 Å². The van der Waals surface area contributed by atoms with E-state index in [1.54, 1.807) is 12.1 Å². The molecule has 0 unspecified atom stereocenters. The summed E-state index contributed by atoms with van der Waals surface area (Å²) in [5.74, 6) is -2.49. The molecule has 0 saturated heterocycles. The van der Waals surface area contributed by atoms with Crippen LogP contribution in [0.2, 0.25) is 0 Å². The van der Waals surface area contributed by atoms with E-state index in [4.69, 9.17) is 5.11 Å². The van der Waals surface area contributed by atoms with Crippen LogP contribution in [-0.4, -0.2) is 32.5 Å². The molecule has 3 rings (SSSR count). The topological polar surface area (TPSA) is 77.2 Å². The Balaban J connectivity index is 2.16. The van der Waals surface area contributed by atoms with Gasteiger partial charge in [0.2, 0.25) is 0 Å². The van der Waals surface area contributed by atoms with Crippen LogP contribution in [0.4, 0.5) is 13.2 Å². The van der Waals surface area contributed by atoms with Crippen LogP contribution in [0.5, 0.6) is 5.75 Å². The number of hydrogen-bond donors (Lipinski definition) is 1. The molecule has 0 saturated carbocycles. The van der Waals surface area contributed by atoms with Crippen LogP contribution < -0.4 is 4.74 Å². The van der Waals surface area contributed by atoms with Gasteiger partial charge in [0.25, 0.3) is 0 Å². The fourth-order valence-corrected chi connectivity index (χ4v) is 2.25. The Morgan fingerprint density at radius 3 is 2.68 bits per heavy atom. The molecule has 6 nitrogen and oxygen atoms in total. The zero-order chi connectivity index (χ0) is 18.0. The monoisotopic (exact) mass is 349 g/mol. The lowest BCUT2D eigenvalue weighted by Crippen LogP contribution is -2.04. The zero-order valence-electron chi connectivity index (χ0n) is 12.4. The molecule has 9 heteroatoms. The van der Waals surface area contributed by atoms with Crippen molar-refractivity contribution in [3.63, 3.8) is 0 Å². The number of hydrogen-bond acceptors (Lipinski definition) is 4. The molecule has 0 bridgehead atoms. The molecule has 0 amide bonds. The number of aromatic nitrogens is 3. The molecule has 25 heavy (non-hydrogen) atoms. The third-order valence-corrected chi connectivity index (χ3v) is 3.21. The molecule has 0 spiro atoms. The molecular formula is C16H10F3N3O3. The van der Waals surface area contributed by atoms with E-state index < -0.39 is 18.4 Å². The third kappa shape index (κ3) is 3.60. The lowest BCUT2D eigenvalue weighted by atomic mass is 10.1. The van der Waals surface area contributed by atoms with Crippen LogP contribution in [0.15, 0.2) is 48.8 Å². The SMILES string of the molecule is O=C(O)c1cc(-c2cc(F)cc(OC(F)F)c2)n(-c2cccnc2)n1. The normalized spacial score (nSPS) is 10.9. The summed E-state index contributed by atoms with van der Waals surface area (Å²) in [5, 5.41) is 13.1. The second-order valence-electron chi connectivity index (χ2n) is 4.90. The van der Waals surface area contributed by atoms with Gasteiger partial charge in [-0.15, -0.1) is 0 Å². The molecule has 2 aromatic heterocycles. The molecular weight excluding hydrogens is 339 g/mol. The molecule has 3 aromatic rings. The van der Waals surface area contributed by atoms with Gasteiger partial charge in [-0.05, 0) is 30.3 Å². The predicted molar refractivity (Wildman–Crippen MR) is 80.3 cm³/mol. The van der Waals surface area contributed by atoms with Crippen molar-refractivity contribution in [1.82, 2.24) is 14.8 Å². The van der Waals surface area contributed by atoms with E-state index in [-0.39, 0.29) is 22.7 Å². The first-order valence-corrected chi connectivity index (χ1v) is 6.93. The Morgan fingerprint density at radius 2 is 2.04 bits per heavy atom. The number of halogens is 3. The van der Waals surface area contributed by atoms with Crippen LogP contribution in [0.25, 0.3) is 16.9 Å². The maximum atomic E-state index is 13.8. The number of benzene rings is 1. The van der Waals surface area contributed by atoms with Crippen molar-refractivity contribution in [2.24, 2.45) is 0 Å². The minimum atomic E-state index is -3.12. The largest absolute Gasteiger partial charge is 0.476 e. The van der Waals surface area contributed by atoms with Gasteiger partial charge in [-0.1, -0.05) is 0 Å². The van der Waals surface area contributed by atoms with Crippen LogP contribution in [0.3, 0.4) is 0 Å². The molecule has 0 aliphatic rings. The average molecular weight is 349 g/mol. The first kappa shape index (κ1) is 16.5. The van der Waals surface area contributed by atoms with Crippen molar-refractivity contribution < 1.29 is 27.8 Å². The Kier molecular flexibility index (Phi) is 4.38. The van der Waals surface area contributed by atoms with Crippen molar-refractivity contribution >= 4 is 5.97 Å². The van der Waals surface area contributed by atoms with Gasteiger partial charge in [-0.25, -0.2) is 13.9 Å². The van der Waals surface area contributed by atoms with E-state index in [0.29, 0.717) is 5.69 Å². The molecule has 0 atom stereocenters. The Hall–Kier alpha value is -3.36. The number of carboxylic acid groups (broad SMARTS) is 1. The van der Waals surface area contributed by atoms with Gasteiger partial charge in [0.15, 0.2) is 5.69 Å². The van der Waals surface area contributed by atoms with Crippen molar-refractivity contribution in [3.05, 3.63) is 60.3 Å². The Labute approximate surface area is 139 Å². The summed E-state index contributed by atoms with van der Waals surface area (Å²) in [6.07, 6.45) is 2.94. The van der Waals surface area contributed by atoms with E-state index in [1.165, 1.54) is 29.2 Å². The van der Waals surface area contributed by atoms with Gasteiger partial charge in [0.05, 0.1) is 17.6 Å². The smallest absolute Gasteiger partial charge is 0.387 e. The van der Waals surface area contributed by atoms with Gasteiger partial charge < -0.3 is 9.84 Å². The summed E-state index contributed by atoms with van der Waals surface area (Å²) in [7, 11) is 0. The van der Waals surface area contributed by atoms with Gasteiger partial charge >= 0.3 is 12.6 Å². The van der Waals surface area contributed by atoms with E-state index in [1.807, 2.05) is 0 Å². The maximum Gasteiger partial charge on any atom is 0.387 e. The van der Waals surface area contributed by atoms with Crippen molar-refractivity contribution in [2.75, 3.05) is 0 Å². The van der Waals surface area contributed by atoms with Crippen molar-refractivity contribution in [3.8, 4) is 22.7 Å². The molecule has 128 valence electrons. The quantitative estimate of drug-likeness (QED) is 0.764. The van der Waals surface area contributed by atoms with E-state index in [9.17, 15) is 18.0 Å². The van der Waals surface area contributed by atoms with Crippen LogP contribution in [-0.2, 0) is 0 Å². The lowest BCUT2D eigenvalue weighted by Gasteiger charge is -2.10. The molecule has 1 aromatic carbocycles. The van der Waals surface area contributed by atoms with E-state index in [2.05, 4.69) is 14.8 Å². The molecule has 2 heterocycles. The second kappa shape index (κ2) is 6.63. The fraction of sp³-hybridized carbons (Fsp3) is 0.0625. The molecule has 0 radical (unpaired) electrons. The Morgan fingerprint density at radius 1 is 1.24 bits per heavy atom. The fourth-order valence-electron chi connectivity index (χ4n) is 2.25. The summed E-state index contributed by atoms with van der Waals surface area (Å²) in [6, 6.07) is 7.47. The number of nitrogens with zero attached hydrogens (tertiary/aromatic N) is 3. The van der Waals surface area contributed by atoms with Crippen LogP contribution in [0.1, 0.15) is 10.5 Å². The van der Waals surface area contributed by atoms with E-state index >= 15 is 0 Å². The van der Waals surface area contributed by atoms with E-state index in [0.717, 1.165) is 12.1 Å². The summed E-state index contributed by atoms with van der Waals surface area (Å²) in [5.41, 5.74) is 0.438. The van der Waals surface area contributed by atoms with Gasteiger partial charge in [0, 0.05) is 17.8 Å². The van der Waals surface area contributed by atoms with Gasteiger partial charge in [-0.2, -0.15) is 13.9 Å². The Bertz CT molecular complexity index is 913. The highest BCUT2D eigenvalue weighted by atomic mass is 19.3. The average Bonchev–Trinajstić information content (AvgIpc) is 3.00. The molecule has 0 fully saturated rings. The number of alkyl halides is 2. The molecule has 0 aliphatic carbocycles. The minimum Gasteiger partial charge on any atom is -0.476 e. The number of ether oxygens (including phenoxy) is 1. The number of carbonyl (C=O) groups is 1. The van der Waals surface area contributed by atoms with Crippen LogP contribution in [0, 0.1) is 5.82 Å². The van der Waals surface area contributed by atoms with Crippen molar-refractivity contribution in [1.29, 1.82) is 0 Å². The third-order valence-electron chi connectivity index (χ3n) is 3.21. The summed E-state index contributed by atoms with van der Waals surface area (Å²) < 4.78 is 44.0. The minimum absolute atomic E-state index is 0.125. The number of aromatic carboxylic acids is 1. The lowest BCUT2D eigenvalue weighted by molar-refractivity contribution is -0.0499. The predicted octanol–water partition coefficient (Wildman–Crippen LogP) is 3.37. The highest BCUT2D eigenvalue weighted by Crippen LogP contribution is 2.29. The first-order chi connectivity index (χ1) is 11.9. The first-order valence-electron chi connectivity index (χ1n) is 6.93. The molecule has 0 aliphatic heterocycles. The van der Waals surface area contributed by atoms with Crippen LogP contribution >= 0.6 is 0 Å². The number of rotatable bonds is 5. The standard InChI is InChI=1S/C16H10F3N3O3/c17-10-4-9(5-12(6-10)25-16(18)19)14-7-13(15(23)24)21-22(14)11-2-1-3-20-8-11/h1-8,16H,(H,23,24). The second-order valence-corrected chi connectivity index (χ2v) is 4.90. The van der Waals surface area contributed by atoms with Gasteiger partial charge in [-0.3, -0.25) is 4.98 Å². The highest BCUT2D eigenvalue weighted by molar-refractivity contribution is 5.87. The summed E-state index contributed by atoms with van der Waals surface area (Å²) >= 11 is 0. The summed E-state index contributed by atoms with van der Waals surface area (Å²) in [6.45, 7) is -3.12. The zero-order valence-corrected chi connectivity index (χ0v) is 12.4. The maximum absolute atomic E-state index is 13.8. The summed E-state index contributed by atoms with van der Waals surface area (Å²) in [4.78, 5) is 15.1. The number of carboxylic acids is 1. The number of pyridine rings is 1. The molecule has 1 N–H and O–H groups in total. The van der Waals surface area contributed by atoms with Gasteiger partial charge in [0.1, 0.15) is 11.6 Å².